The molecule has 0 amide bonds. The predicted octanol–water partition coefficient (Wildman–Crippen LogP) is 4.63. The molecule has 1 N–H and O–H groups in total. The summed E-state index contributed by atoms with van der Waals surface area (Å²) < 4.78 is 0. The van der Waals surface area contributed by atoms with Gasteiger partial charge in [0.05, 0.1) is 0 Å². The van der Waals surface area contributed by atoms with Gasteiger partial charge >= 0.3 is 0 Å². The second-order valence-corrected chi connectivity index (χ2v) is 6.43. The van der Waals surface area contributed by atoms with E-state index in [0.29, 0.717) is 0 Å². The van der Waals surface area contributed by atoms with E-state index in [2.05, 4.69) is 41.9 Å². The van der Waals surface area contributed by atoms with Gasteiger partial charge in [-0.25, -0.2) is 0 Å². The van der Waals surface area contributed by atoms with Gasteiger partial charge in [0.1, 0.15) is 0 Å². The summed E-state index contributed by atoms with van der Waals surface area (Å²) in [6.45, 7) is 3.01. The van der Waals surface area contributed by atoms with E-state index in [9.17, 15) is 0 Å². The predicted molar refractivity (Wildman–Crippen MR) is 79.4 cm³/mol. The molecule has 0 saturated heterocycles. The van der Waals surface area contributed by atoms with Crippen LogP contribution < -0.4 is 5.32 Å². The Bertz CT molecular complexity index is 557. The fourth-order valence-electron chi connectivity index (χ4n) is 2.01. The minimum atomic E-state index is 0.722. The first kappa shape index (κ1) is 12.2. The fourth-order valence-corrected chi connectivity index (χ4v) is 2.97. The van der Waals surface area contributed by atoms with Crippen LogP contribution in [0.1, 0.15) is 23.3 Å². The smallest absolute Gasteiger partial charge is 0.0457 e. The van der Waals surface area contributed by atoms with Crippen LogP contribution in [0.15, 0.2) is 29.6 Å². The Kier molecular flexibility index (Phi) is 3.42. The van der Waals surface area contributed by atoms with Crippen molar-refractivity contribution in [2.45, 2.75) is 32.4 Å². The molecule has 0 bridgehead atoms. The maximum atomic E-state index is 6.35. The molecule has 2 aromatic rings. The highest BCUT2D eigenvalue weighted by molar-refractivity contribution is 7.10. The first-order valence-corrected chi connectivity index (χ1v) is 7.55. The Morgan fingerprint density at radius 2 is 2.11 bits per heavy atom. The number of halogens is 1. The Morgan fingerprint density at radius 3 is 2.72 bits per heavy atom. The van der Waals surface area contributed by atoms with Crippen molar-refractivity contribution in [3.8, 4) is 11.1 Å². The van der Waals surface area contributed by atoms with Crippen molar-refractivity contribution in [3.63, 3.8) is 0 Å². The van der Waals surface area contributed by atoms with Gasteiger partial charge in [-0.2, -0.15) is 0 Å². The van der Waals surface area contributed by atoms with Crippen LogP contribution in [0, 0.1) is 6.92 Å². The molecular formula is C15H16ClNS. The van der Waals surface area contributed by atoms with E-state index < -0.39 is 0 Å². The summed E-state index contributed by atoms with van der Waals surface area (Å²) in [6.07, 6.45) is 2.62. The van der Waals surface area contributed by atoms with E-state index in [1.807, 2.05) is 0 Å². The topological polar surface area (TPSA) is 12.0 Å². The number of thiophene rings is 1. The molecule has 1 aliphatic carbocycles. The Morgan fingerprint density at radius 1 is 1.28 bits per heavy atom. The molecule has 1 aromatic heterocycles. The van der Waals surface area contributed by atoms with Gasteiger partial charge in [-0.1, -0.05) is 23.7 Å². The summed E-state index contributed by atoms with van der Waals surface area (Å²) in [7, 11) is 0. The minimum absolute atomic E-state index is 0.722. The summed E-state index contributed by atoms with van der Waals surface area (Å²) >= 11 is 8.13. The second kappa shape index (κ2) is 5.04. The Balaban J connectivity index is 1.79. The quantitative estimate of drug-likeness (QED) is 0.859. The van der Waals surface area contributed by atoms with Crippen LogP contribution in [0.2, 0.25) is 5.02 Å². The largest absolute Gasteiger partial charge is 0.310 e. The van der Waals surface area contributed by atoms with E-state index >= 15 is 0 Å². The van der Waals surface area contributed by atoms with E-state index in [4.69, 9.17) is 11.6 Å². The highest BCUT2D eigenvalue weighted by Gasteiger charge is 2.20. The zero-order valence-electron chi connectivity index (χ0n) is 10.4. The SMILES string of the molecule is Cc1cc(-c2ccc(CNC3CC3)c(Cl)c2)cs1. The van der Waals surface area contributed by atoms with Gasteiger partial charge in [-0.15, -0.1) is 11.3 Å². The molecule has 0 aliphatic heterocycles. The maximum absolute atomic E-state index is 6.35. The zero-order valence-corrected chi connectivity index (χ0v) is 11.9. The molecule has 0 spiro atoms. The Labute approximate surface area is 117 Å². The average Bonchev–Trinajstić information content (AvgIpc) is 3.08. The molecule has 1 saturated carbocycles. The third-order valence-corrected chi connectivity index (χ3v) is 4.49. The van der Waals surface area contributed by atoms with Crippen LogP contribution in [0.3, 0.4) is 0 Å². The monoisotopic (exact) mass is 277 g/mol. The number of rotatable bonds is 4. The second-order valence-electron chi connectivity index (χ2n) is 4.91. The molecule has 1 nitrogen and oxygen atoms in total. The third-order valence-electron chi connectivity index (χ3n) is 3.28. The van der Waals surface area contributed by atoms with Crippen molar-refractivity contribution < 1.29 is 0 Å². The van der Waals surface area contributed by atoms with Crippen molar-refractivity contribution in [2.24, 2.45) is 0 Å². The van der Waals surface area contributed by atoms with Crippen molar-refractivity contribution in [3.05, 3.63) is 45.1 Å². The van der Waals surface area contributed by atoms with Crippen molar-refractivity contribution >= 4 is 22.9 Å². The van der Waals surface area contributed by atoms with Gasteiger partial charge in [0, 0.05) is 22.5 Å². The molecule has 1 fully saturated rings. The first-order chi connectivity index (χ1) is 8.72. The summed E-state index contributed by atoms with van der Waals surface area (Å²) in [5.41, 5.74) is 3.67. The number of aryl methyl sites for hydroxylation is 1. The summed E-state index contributed by atoms with van der Waals surface area (Å²) in [4.78, 5) is 1.33. The first-order valence-electron chi connectivity index (χ1n) is 6.30. The lowest BCUT2D eigenvalue weighted by molar-refractivity contribution is 0.688. The van der Waals surface area contributed by atoms with Crippen LogP contribution in [-0.4, -0.2) is 6.04 Å². The molecule has 94 valence electrons. The molecule has 1 heterocycles. The molecule has 0 unspecified atom stereocenters. The highest BCUT2D eigenvalue weighted by atomic mass is 35.5. The summed E-state index contributed by atoms with van der Waals surface area (Å²) in [5.74, 6) is 0. The van der Waals surface area contributed by atoms with Gasteiger partial charge in [0.15, 0.2) is 0 Å². The third kappa shape index (κ3) is 2.77. The van der Waals surface area contributed by atoms with Gasteiger partial charge in [-0.3, -0.25) is 0 Å². The van der Waals surface area contributed by atoms with E-state index in [1.165, 1.54) is 34.4 Å². The van der Waals surface area contributed by atoms with Crippen molar-refractivity contribution in [2.75, 3.05) is 0 Å². The molecule has 1 aromatic carbocycles. The molecule has 3 heteroatoms. The van der Waals surface area contributed by atoms with Gasteiger partial charge in [0.2, 0.25) is 0 Å². The normalized spacial score (nSPS) is 15.0. The summed E-state index contributed by atoms with van der Waals surface area (Å²) in [5, 5.41) is 6.54. The van der Waals surface area contributed by atoms with Crippen LogP contribution in [0.5, 0.6) is 0 Å². The van der Waals surface area contributed by atoms with Crippen LogP contribution >= 0.6 is 22.9 Å². The zero-order chi connectivity index (χ0) is 12.5. The van der Waals surface area contributed by atoms with Crippen molar-refractivity contribution in [1.82, 2.24) is 5.32 Å². The van der Waals surface area contributed by atoms with Crippen molar-refractivity contribution in [1.29, 1.82) is 0 Å². The van der Waals surface area contributed by atoms with Gasteiger partial charge in [-0.05, 0) is 54.0 Å². The lowest BCUT2D eigenvalue weighted by Gasteiger charge is -2.07. The molecule has 1 aliphatic rings. The number of hydrogen-bond acceptors (Lipinski definition) is 2. The minimum Gasteiger partial charge on any atom is -0.310 e. The Hall–Kier alpha value is -0.830. The molecular weight excluding hydrogens is 262 g/mol. The van der Waals surface area contributed by atoms with E-state index in [-0.39, 0.29) is 0 Å². The molecule has 18 heavy (non-hydrogen) atoms. The van der Waals surface area contributed by atoms with Crippen LogP contribution in [0.25, 0.3) is 11.1 Å². The maximum Gasteiger partial charge on any atom is 0.0457 e. The van der Waals surface area contributed by atoms with E-state index in [1.54, 1.807) is 11.3 Å². The lowest BCUT2D eigenvalue weighted by Crippen LogP contribution is -2.15. The number of nitrogens with one attached hydrogen (secondary N) is 1. The van der Waals surface area contributed by atoms with E-state index in [0.717, 1.165) is 17.6 Å². The fraction of sp³-hybridized carbons (Fsp3) is 0.333. The lowest BCUT2D eigenvalue weighted by atomic mass is 10.1. The van der Waals surface area contributed by atoms with Gasteiger partial charge in [0.25, 0.3) is 0 Å². The summed E-state index contributed by atoms with van der Waals surface area (Å²) in [6, 6.07) is 9.31. The van der Waals surface area contributed by atoms with Gasteiger partial charge < -0.3 is 5.32 Å². The number of hydrogen-bond donors (Lipinski definition) is 1. The van der Waals surface area contributed by atoms with Crippen LogP contribution in [0.4, 0.5) is 0 Å². The van der Waals surface area contributed by atoms with Crippen LogP contribution in [-0.2, 0) is 6.54 Å². The molecule has 0 radical (unpaired) electrons. The number of benzene rings is 1. The highest BCUT2D eigenvalue weighted by Crippen LogP contribution is 2.29. The standard InChI is InChI=1S/C15H16ClNS/c1-10-6-13(9-18-10)11-2-3-12(15(16)7-11)8-17-14-4-5-14/h2-3,6-7,9,14,17H,4-5,8H2,1H3. The average molecular weight is 278 g/mol. The molecule has 3 rings (SSSR count). The molecule has 0 atom stereocenters.